The van der Waals surface area contributed by atoms with Gasteiger partial charge in [0.2, 0.25) is 0 Å². The van der Waals surface area contributed by atoms with Crippen LogP contribution in [0.2, 0.25) is 0 Å². The van der Waals surface area contributed by atoms with Crippen molar-refractivity contribution in [3.05, 3.63) is 58.7 Å². The standard InChI is InChI=1S/C21H28.C2H6/c1-14(2)17-10-8-15(3)19(12-17)20-13-18(21(5,6)7)11-9-16(20)4;1-2/h8-14H,1-7H3;1-2H3. The highest BCUT2D eigenvalue weighted by Crippen LogP contribution is 2.33. The molecular formula is C23H34. The van der Waals surface area contributed by atoms with Gasteiger partial charge < -0.3 is 0 Å². The first-order valence-electron chi connectivity index (χ1n) is 8.92. The Morgan fingerprint density at radius 3 is 1.70 bits per heavy atom. The Labute approximate surface area is 144 Å². The number of hydrogen-bond acceptors (Lipinski definition) is 0. The first-order chi connectivity index (χ1) is 10.7. The highest BCUT2D eigenvalue weighted by atomic mass is 14.2. The van der Waals surface area contributed by atoms with Gasteiger partial charge in [-0.3, -0.25) is 0 Å². The molecule has 2 aromatic rings. The van der Waals surface area contributed by atoms with Gasteiger partial charge in [-0.1, -0.05) is 84.9 Å². The molecule has 0 amide bonds. The van der Waals surface area contributed by atoms with Gasteiger partial charge >= 0.3 is 0 Å². The first kappa shape index (κ1) is 19.5. The van der Waals surface area contributed by atoms with Crippen molar-refractivity contribution in [2.24, 2.45) is 0 Å². The maximum absolute atomic E-state index is 2.38. The lowest BCUT2D eigenvalue weighted by Crippen LogP contribution is -2.11. The molecule has 2 rings (SSSR count). The molecule has 0 unspecified atom stereocenters. The smallest absolute Gasteiger partial charge is 0.0132 e. The van der Waals surface area contributed by atoms with Crippen LogP contribution in [0.25, 0.3) is 11.1 Å². The van der Waals surface area contributed by atoms with Crippen molar-refractivity contribution < 1.29 is 0 Å². The zero-order valence-corrected chi connectivity index (χ0v) is 16.5. The molecule has 0 bridgehead atoms. The highest BCUT2D eigenvalue weighted by molar-refractivity contribution is 5.72. The van der Waals surface area contributed by atoms with E-state index in [1.54, 1.807) is 0 Å². The molecule has 0 aromatic heterocycles. The molecule has 0 heterocycles. The van der Waals surface area contributed by atoms with Gasteiger partial charge in [0.15, 0.2) is 0 Å². The van der Waals surface area contributed by atoms with Gasteiger partial charge in [-0.25, -0.2) is 0 Å². The molecule has 23 heavy (non-hydrogen) atoms. The van der Waals surface area contributed by atoms with Crippen LogP contribution in [0.3, 0.4) is 0 Å². The fourth-order valence-corrected chi connectivity index (χ4v) is 2.67. The largest absolute Gasteiger partial charge is 0.0683 e. The number of aryl methyl sites for hydroxylation is 2. The Hall–Kier alpha value is -1.56. The average Bonchev–Trinajstić information content (AvgIpc) is 2.49. The van der Waals surface area contributed by atoms with Crippen LogP contribution in [-0.4, -0.2) is 0 Å². The summed E-state index contributed by atoms with van der Waals surface area (Å²) < 4.78 is 0. The minimum Gasteiger partial charge on any atom is -0.0683 e. The number of hydrogen-bond donors (Lipinski definition) is 0. The number of rotatable bonds is 2. The summed E-state index contributed by atoms with van der Waals surface area (Å²) in [4.78, 5) is 0. The summed E-state index contributed by atoms with van der Waals surface area (Å²) in [5.41, 5.74) is 8.47. The van der Waals surface area contributed by atoms with Crippen molar-refractivity contribution in [3.8, 4) is 11.1 Å². The van der Waals surface area contributed by atoms with Gasteiger partial charge in [0.1, 0.15) is 0 Å². The maximum atomic E-state index is 2.38. The third kappa shape index (κ3) is 4.70. The molecule has 0 radical (unpaired) electrons. The maximum Gasteiger partial charge on any atom is -0.0132 e. The van der Waals surface area contributed by atoms with Gasteiger partial charge in [-0.2, -0.15) is 0 Å². The molecule has 0 saturated carbocycles. The molecule has 0 aliphatic rings. The molecule has 0 spiro atoms. The van der Waals surface area contributed by atoms with E-state index in [1.165, 1.54) is 33.4 Å². The lowest BCUT2D eigenvalue weighted by atomic mass is 9.83. The molecule has 0 atom stereocenters. The second-order valence-corrected chi connectivity index (χ2v) is 7.51. The van der Waals surface area contributed by atoms with Crippen LogP contribution in [0.4, 0.5) is 0 Å². The van der Waals surface area contributed by atoms with E-state index in [0.717, 1.165) is 0 Å². The Morgan fingerprint density at radius 1 is 0.739 bits per heavy atom. The summed E-state index contributed by atoms with van der Waals surface area (Å²) in [5, 5.41) is 0. The van der Waals surface area contributed by atoms with Gasteiger partial charge in [0, 0.05) is 0 Å². The summed E-state index contributed by atoms with van der Waals surface area (Å²) in [7, 11) is 0. The fourth-order valence-electron chi connectivity index (χ4n) is 2.67. The van der Waals surface area contributed by atoms with E-state index < -0.39 is 0 Å². The second kappa shape index (κ2) is 7.81. The molecular weight excluding hydrogens is 276 g/mol. The van der Waals surface area contributed by atoms with Crippen LogP contribution in [0.15, 0.2) is 36.4 Å². The summed E-state index contributed by atoms with van der Waals surface area (Å²) in [6.45, 7) is 19.8. The second-order valence-electron chi connectivity index (χ2n) is 7.51. The Kier molecular flexibility index (Phi) is 6.62. The van der Waals surface area contributed by atoms with E-state index in [-0.39, 0.29) is 5.41 Å². The Bertz CT molecular complexity index is 640. The van der Waals surface area contributed by atoms with Crippen molar-refractivity contribution in [2.75, 3.05) is 0 Å². The van der Waals surface area contributed by atoms with E-state index in [2.05, 4.69) is 84.9 Å². The van der Waals surface area contributed by atoms with Crippen LogP contribution in [0.5, 0.6) is 0 Å². The molecule has 0 N–H and O–H groups in total. The lowest BCUT2D eigenvalue weighted by molar-refractivity contribution is 0.590. The number of benzene rings is 2. The molecule has 0 aliphatic heterocycles. The monoisotopic (exact) mass is 310 g/mol. The molecule has 0 fully saturated rings. The molecule has 2 aromatic carbocycles. The molecule has 0 saturated heterocycles. The summed E-state index contributed by atoms with van der Waals surface area (Å²) in [6.07, 6.45) is 0. The van der Waals surface area contributed by atoms with E-state index >= 15 is 0 Å². The van der Waals surface area contributed by atoms with E-state index in [1.807, 2.05) is 13.8 Å². The minimum absolute atomic E-state index is 0.187. The molecule has 126 valence electrons. The van der Waals surface area contributed by atoms with Crippen LogP contribution in [0.1, 0.15) is 76.6 Å². The first-order valence-corrected chi connectivity index (χ1v) is 8.92. The van der Waals surface area contributed by atoms with Crippen molar-refractivity contribution in [1.29, 1.82) is 0 Å². The zero-order chi connectivity index (χ0) is 17.8. The van der Waals surface area contributed by atoms with Gasteiger partial charge in [-0.05, 0) is 58.6 Å². The molecule has 0 aliphatic carbocycles. The summed E-state index contributed by atoms with van der Waals surface area (Å²) in [5.74, 6) is 0.565. The topological polar surface area (TPSA) is 0 Å². The third-order valence-corrected chi connectivity index (χ3v) is 4.32. The lowest BCUT2D eigenvalue weighted by Gasteiger charge is -2.22. The Morgan fingerprint density at radius 2 is 1.22 bits per heavy atom. The van der Waals surface area contributed by atoms with Crippen LogP contribution in [-0.2, 0) is 5.41 Å². The van der Waals surface area contributed by atoms with Gasteiger partial charge in [0.25, 0.3) is 0 Å². The van der Waals surface area contributed by atoms with E-state index in [9.17, 15) is 0 Å². The SMILES string of the molecule is CC.Cc1ccc(C(C)C)cc1-c1cc(C(C)(C)C)ccc1C. The third-order valence-electron chi connectivity index (χ3n) is 4.32. The van der Waals surface area contributed by atoms with Crippen LogP contribution >= 0.6 is 0 Å². The van der Waals surface area contributed by atoms with Gasteiger partial charge in [-0.15, -0.1) is 0 Å². The van der Waals surface area contributed by atoms with Crippen molar-refractivity contribution in [1.82, 2.24) is 0 Å². The van der Waals surface area contributed by atoms with Crippen LogP contribution < -0.4 is 0 Å². The van der Waals surface area contributed by atoms with Crippen molar-refractivity contribution in [3.63, 3.8) is 0 Å². The Balaban J connectivity index is 0.00000127. The quantitative estimate of drug-likeness (QED) is 0.541. The predicted molar refractivity (Wildman–Crippen MR) is 105 cm³/mol. The van der Waals surface area contributed by atoms with Crippen LogP contribution in [0, 0.1) is 13.8 Å². The average molecular weight is 311 g/mol. The minimum atomic E-state index is 0.187. The van der Waals surface area contributed by atoms with E-state index in [0.29, 0.717) is 5.92 Å². The molecule has 0 heteroatoms. The van der Waals surface area contributed by atoms with Gasteiger partial charge in [0.05, 0.1) is 0 Å². The van der Waals surface area contributed by atoms with Crippen molar-refractivity contribution in [2.45, 2.75) is 73.6 Å². The molecule has 0 nitrogen and oxygen atoms in total. The normalized spacial score (nSPS) is 11.2. The van der Waals surface area contributed by atoms with E-state index in [4.69, 9.17) is 0 Å². The predicted octanol–water partition coefficient (Wildman–Crippen LogP) is 7.42. The summed E-state index contributed by atoms with van der Waals surface area (Å²) >= 11 is 0. The summed E-state index contributed by atoms with van der Waals surface area (Å²) in [6, 6.07) is 13.8. The fraction of sp³-hybridized carbons (Fsp3) is 0.478. The van der Waals surface area contributed by atoms with Crippen molar-refractivity contribution >= 4 is 0 Å². The zero-order valence-electron chi connectivity index (χ0n) is 16.5. The highest BCUT2D eigenvalue weighted by Gasteiger charge is 2.16.